The number of carboxylic acid groups (broad SMARTS) is 1. The van der Waals surface area contributed by atoms with Gasteiger partial charge >= 0.3 is 18.2 Å². The first kappa shape index (κ1) is 35.1. The molecule has 3 aliphatic rings. The van der Waals surface area contributed by atoms with E-state index in [9.17, 15) is 23.9 Å². The first-order valence-electron chi connectivity index (χ1n) is 17.9. The van der Waals surface area contributed by atoms with Crippen LogP contribution < -0.4 is 10.6 Å². The topological polar surface area (TPSA) is 177 Å². The van der Waals surface area contributed by atoms with Gasteiger partial charge in [-0.3, -0.25) is 5.10 Å². The number of hydrogen-bond donors (Lipinski definition) is 4. The fourth-order valence-corrected chi connectivity index (χ4v) is 8.15. The summed E-state index contributed by atoms with van der Waals surface area (Å²) in [6, 6.07) is 7.50. The lowest BCUT2D eigenvalue weighted by Crippen LogP contribution is -2.53. The van der Waals surface area contributed by atoms with E-state index in [-0.39, 0.29) is 41.2 Å². The number of para-hydroxylation sites is 1. The van der Waals surface area contributed by atoms with Crippen molar-refractivity contribution in [3.63, 3.8) is 0 Å². The summed E-state index contributed by atoms with van der Waals surface area (Å²) >= 11 is 0. The maximum Gasteiger partial charge on any atom is 0.407 e. The van der Waals surface area contributed by atoms with Gasteiger partial charge in [-0.2, -0.15) is 5.10 Å². The maximum atomic E-state index is 14.3. The number of rotatable bonds is 7. The monoisotopic (exact) mass is 715 g/mol. The van der Waals surface area contributed by atoms with Gasteiger partial charge in [0, 0.05) is 56.6 Å². The molecule has 3 aliphatic heterocycles. The molecule has 5 heterocycles. The van der Waals surface area contributed by atoms with Crippen LogP contribution in [-0.4, -0.2) is 100 Å². The number of benzene rings is 2. The minimum absolute atomic E-state index is 0.0994. The van der Waals surface area contributed by atoms with Gasteiger partial charge in [-0.15, -0.1) is 5.10 Å². The van der Waals surface area contributed by atoms with E-state index >= 15 is 0 Å². The number of amides is 5. The van der Waals surface area contributed by atoms with E-state index in [1.807, 2.05) is 19.1 Å². The molecular weight excluding hydrogens is 669 g/mol. The Kier molecular flexibility index (Phi) is 9.48. The molecule has 0 bridgehead atoms. The highest BCUT2D eigenvalue weighted by atomic mass is 19.1. The van der Waals surface area contributed by atoms with E-state index in [0.717, 1.165) is 27.6 Å². The number of anilines is 1. The number of nitrogens with one attached hydrogen (secondary N) is 3. The number of urea groups is 2. The summed E-state index contributed by atoms with van der Waals surface area (Å²) in [5.74, 6) is 0.213. The molecule has 2 fully saturated rings. The Morgan fingerprint density at radius 2 is 1.92 bits per heavy atom. The van der Waals surface area contributed by atoms with Crippen molar-refractivity contribution >= 4 is 34.7 Å². The van der Waals surface area contributed by atoms with Crippen molar-refractivity contribution < 1.29 is 23.9 Å². The number of nitrogens with zero attached hydrogens (tertiary/aromatic N) is 8. The van der Waals surface area contributed by atoms with Crippen molar-refractivity contribution in [2.24, 2.45) is 11.3 Å². The summed E-state index contributed by atoms with van der Waals surface area (Å²) in [5, 5.41) is 36.9. The number of H-pyrrole nitrogens is 1. The van der Waals surface area contributed by atoms with Crippen molar-refractivity contribution in [3.05, 3.63) is 64.9 Å². The predicted octanol–water partition coefficient (Wildman–Crippen LogP) is 5.31. The van der Waals surface area contributed by atoms with E-state index in [0.29, 0.717) is 70.7 Å². The molecule has 5 amide bonds. The van der Waals surface area contributed by atoms with E-state index in [2.05, 4.69) is 63.2 Å². The van der Waals surface area contributed by atoms with Gasteiger partial charge < -0.3 is 30.4 Å². The molecule has 4 aromatic rings. The highest BCUT2D eigenvalue weighted by Crippen LogP contribution is 2.36. The van der Waals surface area contributed by atoms with Crippen LogP contribution in [0.2, 0.25) is 0 Å². The van der Waals surface area contributed by atoms with Crippen LogP contribution in [-0.2, 0) is 19.5 Å². The molecule has 52 heavy (non-hydrogen) atoms. The zero-order chi connectivity index (χ0) is 36.7. The highest BCUT2D eigenvalue weighted by Gasteiger charge is 2.40. The van der Waals surface area contributed by atoms with E-state index < -0.39 is 18.0 Å². The van der Waals surface area contributed by atoms with Gasteiger partial charge in [0.1, 0.15) is 5.82 Å². The number of halogens is 1. The molecule has 2 aromatic carbocycles. The van der Waals surface area contributed by atoms with Crippen LogP contribution in [0.1, 0.15) is 75.0 Å². The fourth-order valence-electron chi connectivity index (χ4n) is 8.15. The summed E-state index contributed by atoms with van der Waals surface area (Å²) in [7, 11) is 0. The van der Waals surface area contributed by atoms with Crippen LogP contribution >= 0.6 is 0 Å². The van der Waals surface area contributed by atoms with Crippen LogP contribution in [0.15, 0.2) is 36.5 Å². The molecular formula is C36H46FN11O4. The van der Waals surface area contributed by atoms with Gasteiger partial charge in [-0.05, 0) is 83.2 Å². The summed E-state index contributed by atoms with van der Waals surface area (Å²) in [6.45, 7) is 10.3. The van der Waals surface area contributed by atoms with Gasteiger partial charge in [0.2, 0.25) is 0 Å². The van der Waals surface area contributed by atoms with Crippen molar-refractivity contribution in [2.45, 2.75) is 91.0 Å². The summed E-state index contributed by atoms with van der Waals surface area (Å²) in [6.07, 6.45) is 3.81. The molecule has 7 rings (SSSR count). The third kappa shape index (κ3) is 7.10. The average molecular weight is 716 g/mol. The van der Waals surface area contributed by atoms with E-state index in [4.69, 9.17) is 0 Å². The van der Waals surface area contributed by atoms with Gasteiger partial charge in [0.15, 0.2) is 5.82 Å². The number of aryl methyl sites for hydroxylation is 1. The minimum atomic E-state index is -0.905. The van der Waals surface area contributed by atoms with Gasteiger partial charge in [0.05, 0.1) is 23.4 Å². The number of hydrogen-bond acceptors (Lipinski definition) is 7. The minimum Gasteiger partial charge on any atom is -0.465 e. The van der Waals surface area contributed by atoms with Crippen molar-refractivity contribution in [1.82, 2.24) is 50.4 Å². The Morgan fingerprint density at radius 3 is 2.67 bits per heavy atom. The lowest BCUT2D eigenvalue weighted by molar-refractivity contribution is 0.0363. The number of carbonyl (C=O) groups excluding carboxylic acids is 2. The van der Waals surface area contributed by atoms with Crippen LogP contribution in [0.3, 0.4) is 0 Å². The molecule has 16 heteroatoms. The second-order valence-corrected chi connectivity index (χ2v) is 15.5. The van der Waals surface area contributed by atoms with Crippen LogP contribution in [0.5, 0.6) is 0 Å². The zero-order valence-corrected chi connectivity index (χ0v) is 30.0. The second-order valence-electron chi connectivity index (χ2n) is 15.5. The number of fused-ring (bicyclic) bond motifs is 2. The molecule has 2 aromatic heterocycles. The number of aromatic nitrogens is 6. The average Bonchev–Trinajstić information content (AvgIpc) is 3.78. The Bertz CT molecular complexity index is 1960. The van der Waals surface area contributed by atoms with Crippen LogP contribution in [0, 0.1) is 24.1 Å². The lowest BCUT2D eigenvalue weighted by Gasteiger charge is -2.44. The predicted molar refractivity (Wildman–Crippen MR) is 190 cm³/mol. The Morgan fingerprint density at radius 1 is 1.13 bits per heavy atom. The molecule has 0 spiro atoms. The first-order valence-corrected chi connectivity index (χ1v) is 17.9. The van der Waals surface area contributed by atoms with E-state index in [1.165, 1.54) is 6.07 Å². The van der Waals surface area contributed by atoms with Crippen molar-refractivity contribution in [3.8, 4) is 0 Å². The number of tetrazole rings is 1. The SMILES string of the molecule is Cc1cc(CC(NC(=O)N2CCC(N3Cc4cccc(F)c4NC3=O)CC2)c2nnnn2CC2CCN(C(=O)O)C(C(C)(C)C)C2)cc2cn[nH]c12. The lowest BCUT2D eigenvalue weighted by atomic mass is 9.77. The van der Waals surface area contributed by atoms with Gasteiger partial charge in [-0.25, -0.2) is 23.5 Å². The third-order valence-corrected chi connectivity index (χ3v) is 10.9. The number of likely N-dealkylation sites (tertiary alicyclic amines) is 2. The van der Waals surface area contributed by atoms with E-state index in [1.54, 1.807) is 31.6 Å². The van der Waals surface area contributed by atoms with Gasteiger partial charge in [-0.1, -0.05) is 39.0 Å². The fraction of sp³-hybridized carbons (Fsp3) is 0.528. The molecule has 0 aliphatic carbocycles. The molecule has 0 saturated carbocycles. The standard InChI is InChI=1S/C36H46FN11O4/c1-21-14-23(15-25-18-38-41-30(21)25)16-28(32-42-43-44-48(32)19-22-8-13-46(35(51)52)29(17-22)36(2,3)4)39-33(49)45-11-9-26(10-12-45)47-20-24-6-5-7-27(37)31(24)40-34(47)50/h5-7,14-15,18,22,26,28-29H,8-13,16-17,19-20H2,1-4H3,(H,38,41)(H,39,49)(H,40,50)(H,51,52). The van der Waals surface area contributed by atoms with Crippen LogP contribution in [0.4, 0.5) is 24.5 Å². The summed E-state index contributed by atoms with van der Waals surface area (Å²) in [4.78, 5) is 44.0. The third-order valence-electron chi connectivity index (χ3n) is 10.9. The highest BCUT2D eigenvalue weighted by molar-refractivity contribution is 5.92. The number of piperidine rings is 2. The zero-order valence-electron chi connectivity index (χ0n) is 30.0. The van der Waals surface area contributed by atoms with Crippen molar-refractivity contribution in [1.29, 1.82) is 0 Å². The number of aromatic amines is 1. The first-order chi connectivity index (χ1) is 24.9. The maximum absolute atomic E-state index is 14.3. The molecule has 3 atom stereocenters. The summed E-state index contributed by atoms with van der Waals surface area (Å²) < 4.78 is 16.0. The Balaban J connectivity index is 1.07. The summed E-state index contributed by atoms with van der Waals surface area (Å²) in [5.41, 5.74) is 3.69. The number of carbonyl (C=O) groups is 3. The molecule has 3 unspecified atom stereocenters. The smallest absolute Gasteiger partial charge is 0.407 e. The Labute approximate surface area is 300 Å². The van der Waals surface area contributed by atoms with Crippen molar-refractivity contribution in [2.75, 3.05) is 25.0 Å². The second kappa shape index (κ2) is 14.0. The molecule has 276 valence electrons. The molecule has 2 saturated heterocycles. The molecule has 15 nitrogen and oxygen atoms in total. The Hall–Kier alpha value is -5.28. The van der Waals surface area contributed by atoms with Gasteiger partial charge in [0.25, 0.3) is 0 Å². The largest absolute Gasteiger partial charge is 0.465 e. The normalized spacial score (nSPS) is 20.5. The quantitative estimate of drug-likeness (QED) is 0.199. The molecule has 4 N–H and O–H groups in total. The van der Waals surface area contributed by atoms with Crippen LogP contribution in [0.25, 0.3) is 10.9 Å². The molecule has 0 radical (unpaired) electrons.